The average molecular weight is 205 g/mol. The van der Waals surface area contributed by atoms with E-state index in [0.29, 0.717) is 0 Å². The monoisotopic (exact) mass is 205 g/mol. The minimum atomic E-state index is -0.664. The van der Waals surface area contributed by atoms with E-state index < -0.39 is 6.10 Å². The Hall–Kier alpha value is -0.650. The number of hydrogen-bond acceptors (Lipinski definition) is 4. The van der Waals surface area contributed by atoms with E-state index in [-0.39, 0.29) is 31.8 Å². The van der Waals surface area contributed by atoms with Crippen molar-refractivity contribution in [2.75, 3.05) is 26.9 Å². The number of ether oxygens (including phenoxy) is 2. The van der Waals surface area contributed by atoms with Crippen LogP contribution in [0.15, 0.2) is 0 Å². The highest BCUT2D eigenvalue weighted by molar-refractivity contribution is 5.77. The molecule has 0 heterocycles. The highest BCUT2D eigenvalue weighted by atomic mass is 16.5. The Kier molecular flexibility index (Phi) is 7.37. The van der Waals surface area contributed by atoms with Crippen LogP contribution in [0.4, 0.5) is 0 Å². The SMILES string of the molecule is COCC(O)CNC(=O)COC(C)C. The Labute approximate surface area is 84.4 Å². The molecule has 1 amide bonds. The van der Waals surface area contributed by atoms with Gasteiger partial charge in [-0.05, 0) is 13.8 Å². The second-order valence-corrected chi connectivity index (χ2v) is 3.27. The third-order valence-electron chi connectivity index (χ3n) is 1.44. The molecule has 0 aromatic heterocycles. The van der Waals surface area contributed by atoms with E-state index >= 15 is 0 Å². The summed E-state index contributed by atoms with van der Waals surface area (Å²) in [7, 11) is 1.49. The third-order valence-corrected chi connectivity index (χ3v) is 1.44. The minimum absolute atomic E-state index is 0.0252. The van der Waals surface area contributed by atoms with Gasteiger partial charge in [-0.2, -0.15) is 0 Å². The molecule has 1 unspecified atom stereocenters. The lowest BCUT2D eigenvalue weighted by molar-refractivity contribution is -0.127. The first-order chi connectivity index (χ1) is 6.56. The fourth-order valence-corrected chi connectivity index (χ4v) is 0.776. The molecule has 0 rings (SSSR count). The van der Waals surface area contributed by atoms with Gasteiger partial charge >= 0.3 is 0 Å². The van der Waals surface area contributed by atoms with Crippen LogP contribution >= 0.6 is 0 Å². The fraction of sp³-hybridized carbons (Fsp3) is 0.889. The predicted molar refractivity (Wildman–Crippen MR) is 52.0 cm³/mol. The van der Waals surface area contributed by atoms with Crippen molar-refractivity contribution >= 4 is 5.91 Å². The number of aliphatic hydroxyl groups is 1. The van der Waals surface area contributed by atoms with Crippen molar-refractivity contribution in [2.45, 2.75) is 26.1 Å². The van der Waals surface area contributed by atoms with Crippen molar-refractivity contribution in [1.29, 1.82) is 0 Å². The lowest BCUT2D eigenvalue weighted by Gasteiger charge is -2.11. The number of nitrogens with one attached hydrogen (secondary N) is 1. The molecule has 0 aromatic carbocycles. The Morgan fingerprint density at radius 2 is 2.14 bits per heavy atom. The summed E-state index contributed by atoms with van der Waals surface area (Å²) >= 11 is 0. The number of rotatable bonds is 7. The maximum Gasteiger partial charge on any atom is 0.246 e. The second-order valence-electron chi connectivity index (χ2n) is 3.27. The van der Waals surface area contributed by atoms with Crippen LogP contribution in [-0.4, -0.2) is 50.1 Å². The highest BCUT2D eigenvalue weighted by Crippen LogP contribution is 1.87. The molecule has 0 bridgehead atoms. The summed E-state index contributed by atoms with van der Waals surface area (Å²) in [4.78, 5) is 11.1. The number of aliphatic hydroxyl groups excluding tert-OH is 1. The molecule has 0 saturated heterocycles. The maximum atomic E-state index is 11.1. The molecular weight excluding hydrogens is 186 g/mol. The van der Waals surface area contributed by atoms with Crippen LogP contribution in [0.3, 0.4) is 0 Å². The van der Waals surface area contributed by atoms with Gasteiger partial charge in [0.15, 0.2) is 0 Å². The van der Waals surface area contributed by atoms with Gasteiger partial charge in [-0.1, -0.05) is 0 Å². The lowest BCUT2D eigenvalue weighted by atomic mass is 10.4. The highest BCUT2D eigenvalue weighted by Gasteiger charge is 2.07. The van der Waals surface area contributed by atoms with Crippen LogP contribution < -0.4 is 5.32 Å². The molecule has 0 saturated carbocycles. The van der Waals surface area contributed by atoms with Gasteiger partial charge in [0.25, 0.3) is 0 Å². The molecule has 84 valence electrons. The Bertz CT molecular complexity index is 161. The molecular formula is C9H19NO4. The Balaban J connectivity index is 3.43. The molecule has 2 N–H and O–H groups in total. The minimum Gasteiger partial charge on any atom is -0.389 e. The third kappa shape index (κ3) is 7.97. The topological polar surface area (TPSA) is 67.8 Å². The van der Waals surface area contributed by atoms with Crippen LogP contribution in [0, 0.1) is 0 Å². The molecule has 0 aliphatic rings. The number of amides is 1. The smallest absolute Gasteiger partial charge is 0.246 e. The zero-order valence-corrected chi connectivity index (χ0v) is 8.95. The lowest BCUT2D eigenvalue weighted by Crippen LogP contribution is -2.36. The van der Waals surface area contributed by atoms with Crippen LogP contribution in [0.25, 0.3) is 0 Å². The van der Waals surface area contributed by atoms with E-state index in [9.17, 15) is 9.90 Å². The van der Waals surface area contributed by atoms with E-state index in [0.717, 1.165) is 0 Å². The molecule has 1 atom stereocenters. The van der Waals surface area contributed by atoms with Crippen LogP contribution in [0.1, 0.15) is 13.8 Å². The van der Waals surface area contributed by atoms with Crippen molar-refractivity contribution < 1.29 is 19.4 Å². The van der Waals surface area contributed by atoms with Gasteiger partial charge in [0, 0.05) is 13.7 Å². The summed E-state index contributed by atoms with van der Waals surface area (Å²) < 4.78 is 9.77. The maximum absolute atomic E-state index is 11.1. The van der Waals surface area contributed by atoms with Gasteiger partial charge in [-0.15, -0.1) is 0 Å². The van der Waals surface area contributed by atoms with Gasteiger partial charge in [0.1, 0.15) is 6.61 Å². The van der Waals surface area contributed by atoms with Gasteiger partial charge in [-0.25, -0.2) is 0 Å². The first-order valence-electron chi connectivity index (χ1n) is 4.61. The largest absolute Gasteiger partial charge is 0.389 e. The van der Waals surface area contributed by atoms with Crippen molar-refractivity contribution in [3.8, 4) is 0 Å². The van der Waals surface area contributed by atoms with E-state index in [1.165, 1.54) is 7.11 Å². The number of carbonyl (C=O) groups excluding carboxylic acids is 1. The molecule has 0 aliphatic heterocycles. The molecule has 0 aromatic rings. The van der Waals surface area contributed by atoms with Crippen molar-refractivity contribution in [2.24, 2.45) is 0 Å². The molecule has 5 nitrogen and oxygen atoms in total. The first-order valence-corrected chi connectivity index (χ1v) is 4.61. The molecule has 14 heavy (non-hydrogen) atoms. The van der Waals surface area contributed by atoms with Crippen molar-refractivity contribution in [3.05, 3.63) is 0 Å². The Morgan fingerprint density at radius 1 is 1.50 bits per heavy atom. The summed E-state index contributed by atoms with van der Waals surface area (Å²) in [5.74, 6) is -0.228. The quantitative estimate of drug-likeness (QED) is 0.590. The molecule has 0 radical (unpaired) electrons. The standard InChI is InChI=1S/C9H19NO4/c1-7(2)14-6-9(12)10-4-8(11)5-13-3/h7-8,11H,4-6H2,1-3H3,(H,10,12). The van der Waals surface area contributed by atoms with Crippen LogP contribution in [0.5, 0.6) is 0 Å². The van der Waals surface area contributed by atoms with Crippen molar-refractivity contribution in [3.63, 3.8) is 0 Å². The molecule has 5 heteroatoms. The average Bonchev–Trinajstić information content (AvgIpc) is 2.12. The summed E-state index contributed by atoms with van der Waals surface area (Å²) in [6.45, 7) is 4.14. The van der Waals surface area contributed by atoms with Gasteiger partial charge in [-0.3, -0.25) is 4.79 Å². The van der Waals surface area contributed by atoms with E-state index in [1.54, 1.807) is 0 Å². The first kappa shape index (κ1) is 13.4. The zero-order valence-electron chi connectivity index (χ0n) is 8.95. The number of methoxy groups -OCH3 is 1. The number of hydrogen-bond donors (Lipinski definition) is 2. The molecule has 0 aliphatic carbocycles. The van der Waals surface area contributed by atoms with Gasteiger partial charge < -0.3 is 19.9 Å². The summed E-state index contributed by atoms with van der Waals surface area (Å²) in [6.07, 6.45) is -0.632. The second kappa shape index (κ2) is 7.73. The summed E-state index contributed by atoms with van der Waals surface area (Å²) in [5.41, 5.74) is 0. The molecule has 0 spiro atoms. The van der Waals surface area contributed by atoms with E-state index in [1.807, 2.05) is 13.8 Å². The summed E-state index contributed by atoms with van der Waals surface area (Å²) in [5, 5.41) is 11.7. The van der Waals surface area contributed by atoms with Gasteiger partial charge in [0.2, 0.25) is 5.91 Å². The van der Waals surface area contributed by atoms with Crippen LogP contribution in [0.2, 0.25) is 0 Å². The van der Waals surface area contributed by atoms with Crippen molar-refractivity contribution in [1.82, 2.24) is 5.32 Å². The molecule has 0 fully saturated rings. The van der Waals surface area contributed by atoms with E-state index in [2.05, 4.69) is 5.32 Å². The predicted octanol–water partition coefficient (Wildman–Crippen LogP) is -0.465. The normalized spacial score (nSPS) is 12.9. The van der Waals surface area contributed by atoms with Crippen LogP contribution in [-0.2, 0) is 14.3 Å². The fourth-order valence-electron chi connectivity index (χ4n) is 0.776. The zero-order chi connectivity index (χ0) is 11.0. The summed E-state index contributed by atoms with van der Waals surface area (Å²) in [6, 6.07) is 0. The van der Waals surface area contributed by atoms with Gasteiger partial charge in [0.05, 0.1) is 18.8 Å². The van der Waals surface area contributed by atoms with E-state index in [4.69, 9.17) is 9.47 Å². The Morgan fingerprint density at radius 3 is 2.64 bits per heavy atom. The number of carbonyl (C=O) groups is 1.